The Morgan fingerprint density at radius 2 is 2.33 bits per heavy atom. The van der Waals surface area contributed by atoms with E-state index in [0.717, 1.165) is 0 Å². The van der Waals surface area contributed by atoms with Crippen molar-refractivity contribution >= 4 is 11.7 Å². The number of H-pyrrole nitrogens is 1. The summed E-state index contributed by atoms with van der Waals surface area (Å²) in [4.78, 5) is 22.5. The van der Waals surface area contributed by atoms with E-state index in [4.69, 9.17) is 5.26 Å². The number of rotatable bonds is 2. The number of aromatic nitrogens is 4. The Labute approximate surface area is 101 Å². The van der Waals surface area contributed by atoms with Gasteiger partial charge in [0.15, 0.2) is 5.82 Å². The number of nitrogens with one attached hydrogen (secondary N) is 2. The summed E-state index contributed by atoms with van der Waals surface area (Å²) in [5.41, 5.74) is -0.124. The lowest BCUT2D eigenvalue weighted by Gasteiger charge is -2.00. The first kappa shape index (κ1) is 11.5. The third kappa shape index (κ3) is 2.25. The minimum atomic E-state index is -0.554. The predicted octanol–water partition coefficient (Wildman–Crippen LogP) is -0.373. The molecule has 2 aromatic rings. The fourth-order valence-corrected chi connectivity index (χ4v) is 1.31. The molecular formula is C10H8N6O2. The van der Waals surface area contributed by atoms with E-state index in [0.29, 0.717) is 0 Å². The summed E-state index contributed by atoms with van der Waals surface area (Å²) in [6, 6.07) is 4.37. The maximum atomic E-state index is 11.7. The number of anilines is 1. The van der Waals surface area contributed by atoms with Crippen LogP contribution in [-0.4, -0.2) is 25.9 Å². The zero-order valence-corrected chi connectivity index (χ0v) is 9.34. The van der Waals surface area contributed by atoms with Crippen LogP contribution in [0.1, 0.15) is 16.1 Å². The maximum Gasteiger partial charge on any atom is 0.277 e. The molecule has 0 aromatic carbocycles. The Bertz CT molecular complexity index is 673. The minimum Gasteiger partial charge on any atom is -0.303 e. The lowest BCUT2D eigenvalue weighted by molar-refractivity contribution is 0.102. The van der Waals surface area contributed by atoms with Crippen molar-refractivity contribution in [2.24, 2.45) is 7.05 Å². The predicted molar refractivity (Wildman–Crippen MR) is 60.7 cm³/mol. The number of hydrogen-bond acceptors (Lipinski definition) is 5. The van der Waals surface area contributed by atoms with Gasteiger partial charge in [0.25, 0.3) is 11.5 Å². The summed E-state index contributed by atoms with van der Waals surface area (Å²) in [5, 5.41) is 20.9. The van der Waals surface area contributed by atoms with Crippen molar-refractivity contribution in [3.63, 3.8) is 0 Å². The molecule has 0 aliphatic carbocycles. The van der Waals surface area contributed by atoms with Gasteiger partial charge >= 0.3 is 0 Å². The average Bonchev–Trinajstić information content (AvgIpc) is 2.70. The van der Waals surface area contributed by atoms with Crippen LogP contribution in [-0.2, 0) is 7.05 Å². The van der Waals surface area contributed by atoms with E-state index in [1.807, 2.05) is 6.07 Å². The van der Waals surface area contributed by atoms with Gasteiger partial charge in [0, 0.05) is 19.3 Å². The highest BCUT2D eigenvalue weighted by atomic mass is 16.2. The van der Waals surface area contributed by atoms with Crippen molar-refractivity contribution in [3.05, 3.63) is 39.9 Å². The lowest BCUT2D eigenvalue weighted by Crippen LogP contribution is -2.18. The fraction of sp³-hybridized carbons (Fsp3) is 0.100. The van der Waals surface area contributed by atoms with Crippen LogP contribution in [0.4, 0.5) is 5.82 Å². The molecule has 2 N–H and O–H groups in total. The molecule has 0 fully saturated rings. The first-order valence-electron chi connectivity index (χ1n) is 4.91. The molecule has 0 spiro atoms. The monoisotopic (exact) mass is 244 g/mol. The largest absolute Gasteiger partial charge is 0.303 e. The number of carbonyl (C=O) groups excluding carboxylic acids is 1. The van der Waals surface area contributed by atoms with E-state index < -0.39 is 11.5 Å². The van der Waals surface area contributed by atoms with Gasteiger partial charge in [0.05, 0.1) is 0 Å². The number of nitriles is 1. The van der Waals surface area contributed by atoms with Gasteiger partial charge in [0.1, 0.15) is 17.3 Å². The SMILES string of the molecule is Cn1cc(C#N)c(NC(=O)c2ccc(=O)[nH]n2)n1. The molecule has 0 aliphatic rings. The molecule has 0 unspecified atom stereocenters. The molecule has 0 saturated heterocycles. The molecule has 0 atom stereocenters. The Morgan fingerprint density at radius 3 is 2.94 bits per heavy atom. The highest BCUT2D eigenvalue weighted by Crippen LogP contribution is 2.11. The Balaban J connectivity index is 2.24. The molecule has 2 heterocycles. The summed E-state index contributed by atoms with van der Waals surface area (Å²) in [6.07, 6.45) is 1.48. The minimum absolute atomic E-state index is 0.0316. The van der Waals surface area contributed by atoms with Crippen LogP contribution in [0.15, 0.2) is 23.1 Å². The van der Waals surface area contributed by atoms with Crippen LogP contribution in [0.2, 0.25) is 0 Å². The van der Waals surface area contributed by atoms with E-state index in [-0.39, 0.29) is 17.1 Å². The molecule has 0 saturated carbocycles. The molecule has 18 heavy (non-hydrogen) atoms. The van der Waals surface area contributed by atoms with E-state index in [1.165, 1.54) is 23.0 Å². The van der Waals surface area contributed by atoms with Gasteiger partial charge in [-0.3, -0.25) is 14.3 Å². The van der Waals surface area contributed by atoms with Gasteiger partial charge in [-0.05, 0) is 6.07 Å². The topological polar surface area (TPSA) is 116 Å². The standard InChI is InChI=1S/C10H8N6O2/c1-16-5-6(4-11)9(15-16)12-10(18)7-2-3-8(17)14-13-7/h2-3,5H,1H3,(H,14,17)(H,12,15,18). The first-order chi connectivity index (χ1) is 8.60. The quantitative estimate of drug-likeness (QED) is 0.747. The Morgan fingerprint density at radius 1 is 1.56 bits per heavy atom. The van der Waals surface area contributed by atoms with E-state index >= 15 is 0 Å². The normalized spacial score (nSPS) is 9.78. The van der Waals surface area contributed by atoms with Crippen molar-refractivity contribution in [1.82, 2.24) is 20.0 Å². The average molecular weight is 244 g/mol. The van der Waals surface area contributed by atoms with Crippen molar-refractivity contribution in [3.8, 4) is 6.07 Å². The first-order valence-corrected chi connectivity index (χ1v) is 4.91. The van der Waals surface area contributed by atoms with E-state index in [2.05, 4.69) is 20.6 Å². The zero-order valence-electron chi connectivity index (χ0n) is 9.34. The molecule has 8 heteroatoms. The van der Waals surface area contributed by atoms with Gasteiger partial charge in [0.2, 0.25) is 0 Å². The van der Waals surface area contributed by atoms with Crippen molar-refractivity contribution in [1.29, 1.82) is 5.26 Å². The summed E-state index contributed by atoms with van der Waals surface area (Å²) >= 11 is 0. The molecular weight excluding hydrogens is 236 g/mol. The second-order valence-electron chi connectivity index (χ2n) is 3.44. The molecule has 90 valence electrons. The molecule has 8 nitrogen and oxygen atoms in total. The molecule has 0 radical (unpaired) electrons. The molecule has 0 bridgehead atoms. The molecule has 1 amide bonds. The van der Waals surface area contributed by atoms with Crippen LogP contribution in [0.3, 0.4) is 0 Å². The van der Waals surface area contributed by atoms with E-state index in [9.17, 15) is 9.59 Å². The zero-order chi connectivity index (χ0) is 13.1. The van der Waals surface area contributed by atoms with Crippen LogP contribution in [0, 0.1) is 11.3 Å². The Hall–Kier alpha value is -2.95. The number of carbonyl (C=O) groups is 1. The van der Waals surface area contributed by atoms with Gasteiger partial charge in [-0.1, -0.05) is 0 Å². The summed E-state index contributed by atoms with van der Waals surface area (Å²) in [7, 11) is 1.63. The summed E-state index contributed by atoms with van der Waals surface area (Å²) < 4.78 is 1.41. The molecule has 2 aromatic heterocycles. The summed E-state index contributed by atoms with van der Waals surface area (Å²) in [5.74, 6) is -0.403. The van der Waals surface area contributed by atoms with Crippen molar-refractivity contribution in [2.75, 3.05) is 5.32 Å². The number of aryl methyl sites for hydroxylation is 1. The third-order valence-corrected chi connectivity index (χ3v) is 2.09. The number of nitrogens with zero attached hydrogens (tertiary/aromatic N) is 4. The second kappa shape index (κ2) is 4.50. The summed E-state index contributed by atoms with van der Waals surface area (Å²) in [6.45, 7) is 0. The van der Waals surface area contributed by atoms with Crippen LogP contribution < -0.4 is 10.9 Å². The highest BCUT2D eigenvalue weighted by Gasteiger charge is 2.13. The number of amides is 1. The fourth-order valence-electron chi connectivity index (χ4n) is 1.31. The van der Waals surface area contributed by atoms with Crippen molar-refractivity contribution < 1.29 is 4.79 Å². The number of hydrogen-bond donors (Lipinski definition) is 2. The van der Waals surface area contributed by atoms with Crippen LogP contribution in [0.25, 0.3) is 0 Å². The number of aromatic amines is 1. The van der Waals surface area contributed by atoms with Crippen LogP contribution >= 0.6 is 0 Å². The molecule has 2 rings (SSSR count). The highest BCUT2D eigenvalue weighted by molar-refractivity contribution is 6.02. The Kier molecular flexibility index (Phi) is 2.89. The lowest BCUT2D eigenvalue weighted by atomic mass is 10.3. The second-order valence-corrected chi connectivity index (χ2v) is 3.44. The molecule has 0 aliphatic heterocycles. The van der Waals surface area contributed by atoms with Gasteiger partial charge in [-0.2, -0.15) is 15.5 Å². The smallest absolute Gasteiger partial charge is 0.277 e. The maximum absolute atomic E-state index is 11.7. The van der Waals surface area contributed by atoms with Gasteiger partial charge < -0.3 is 5.32 Å². The van der Waals surface area contributed by atoms with Crippen LogP contribution in [0.5, 0.6) is 0 Å². The van der Waals surface area contributed by atoms with Gasteiger partial charge in [-0.25, -0.2) is 5.10 Å². The van der Waals surface area contributed by atoms with Crippen molar-refractivity contribution in [2.45, 2.75) is 0 Å². The van der Waals surface area contributed by atoms with E-state index in [1.54, 1.807) is 7.05 Å². The van der Waals surface area contributed by atoms with Gasteiger partial charge in [-0.15, -0.1) is 0 Å². The third-order valence-electron chi connectivity index (χ3n) is 2.09.